The van der Waals surface area contributed by atoms with Gasteiger partial charge in [0.25, 0.3) is 5.91 Å². The molecular formula is C18H22F3N5O4S. The molecule has 1 amide bonds. The number of alkyl halides is 3. The van der Waals surface area contributed by atoms with Crippen molar-refractivity contribution in [2.45, 2.75) is 45.0 Å². The standard InChI is InChI=1S/C18H22F3N5O4S/c1-4-9-13(18(19,20)21)25-14(23-9)15(27)24-10-5-6-26(7-11(10)30-3)17-22-8(2)12(31-17)16(28)29/h10-11H,4-7H2,1-3H3,(H,23,25)(H,24,27)(H,28,29). The molecule has 31 heavy (non-hydrogen) atoms. The summed E-state index contributed by atoms with van der Waals surface area (Å²) in [5.74, 6) is -2.19. The van der Waals surface area contributed by atoms with Gasteiger partial charge in [-0.25, -0.2) is 14.8 Å². The van der Waals surface area contributed by atoms with Crippen LogP contribution >= 0.6 is 11.3 Å². The number of thiazole rings is 1. The smallest absolute Gasteiger partial charge is 0.435 e. The minimum atomic E-state index is -4.65. The second-order valence-corrected chi connectivity index (χ2v) is 8.05. The van der Waals surface area contributed by atoms with E-state index >= 15 is 0 Å². The predicted molar refractivity (Wildman–Crippen MR) is 106 cm³/mol. The number of aromatic amines is 1. The van der Waals surface area contributed by atoms with Gasteiger partial charge in [0.05, 0.1) is 17.8 Å². The third-order valence-corrected chi connectivity index (χ3v) is 6.25. The summed E-state index contributed by atoms with van der Waals surface area (Å²) in [5.41, 5.74) is -0.822. The molecule has 0 spiro atoms. The van der Waals surface area contributed by atoms with Crippen molar-refractivity contribution in [2.24, 2.45) is 0 Å². The van der Waals surface area contributed by atoms with Crippen LogP contribution in [-0.4, -0.2) is 64.3 Å². The second kappa shape index (κ2) is 8.83. The van der Waals surface area contributed by atoms with Crippen LogP contribution < -0.4 is 10.2 Å². The van der Waals surface area contributed by atoms with Gasteiger partial charge >= 0.3 is 12.1 Å². The van der Waals surface area contributed by atoms with E-state index in [-0.39, 0.29) is 17.0 Å². The number of carboxylic acid groups (broad SMARTS) is 1. The van der Waals surface area contributed by atoms with Gasteiger partial charge in [0.15, 0.2) is 16.6 Å². The molecule has 2 atom stereocenters. The van der Waals surface area contributed by atoms with Crippen LogP contribution in [0.1, 0.15) is 50.7 Å². The van der Waals surface area contributed by atoms with Crippen molar-refractivity contribution in [2.75, 3.05) is 25.1 Å². The number of H-pyrrole nitrogens is 1. The van der Waals surface area contributed by atoms with Crippen LogP contribution in [0.5, 0.6) is 0 Å². The van der Waals surface area contributed by atoms with Crippen LogP contribution in [0.3, 0.4) is 0 Å². The van der Waals surface area contributed by atoms with Gasteiger partial charge in [0, 0.05) is 25.9 Å². The van der Waals surface area contributed by atoms with E-state index in [1.807, 2.05) is 4.90 Å². The summed E-state index contributed by atoms with van der Waals surface area (Å²) >= 11 is 1.06. The Morgan fingerprint density at radius 3 is 2.61 bits per heavy atom. The molecule has 2 unspecified atom stereocenters. The minimum Gasteiger partial charge on any atom is -0.477 e. The van der Waals surface area contributed by atoms with Gasteiger partial charge in [-0.2, -0.15) is 13.2 Å². The summed E-state index contributed by atoms with van der Waals surface area (Å²) in [6.45, 7) is 3.95. The van der Waals surface area contributed by atoms with Gasteiger partial charge in [-0.15, -0.1) is 0 Å². The van der Waals surface area contributed by atoms with Crippen molar-refractivity contribution < 1.29 is 32.6 Å². The van der Waals surface area contributed by atoms with Crippen LogP contribution in [0, 0.1) is 6.92 Å². The molecule has 170 valence electrons. The zero-order valence-electron chi connectivity index (χ0n) is 17.0. The van der Waals surface area contributed by atoms with Crippen molar-refractivity contribution in [3.8, 4) is 0 Å². The number of piperidine rings is 1. The van der Waals surface area contributed by atoms with Gasteiger partial charge in [0.2, 0.25) is 0 Å². The number of imidazole rings is 1. The maximum absolute atomic E-state index is 13.1. The molecule has 13 heteroatoms. The Labute approximate surface area is 179 Å². The number of methoxy groups -OCH3 is 1. The molecule has 1 aliphatic rings. The first-order valence-electron chi connectivity index (χ1n) is 9.50. The van der Waals surface area contributed by atoms with Crippen LogP contribution in [0.15, 0.2) is 0 Å². The molecule has 1 aliphatic heterocycles. The largest absolute Gasteiger partial charge is 0.477 e. The number of carbonyl (C=O) groups is 2. The van der Waals surface area contributed by atoms with E-state index in [9.17, 15) is 27.9 Å². The fourth-order valence-corrected chi connectivity index (χ4v) is 4.39. The predicted octanol–water partition coefficient (Wildman–Crippen LogP) is 2.48. The third kappa shape index (κ3) is 4.82. The molecule has 0 aliphatic carbocycles. The highest BCUT2D eigenvalue weighted by atomic mass is 32.1. The molecule has 9 nitrogen and oxygen atoms in total. The van der Waals surface area contributed by atoms with Crippen molar-refractivity contribution >= 4 is 28.3 Å². The van der Waals surface area contributed by atoms with Gasteiger partial charge < -0.3 is 25.0 Å². The number of nitrogens with zero attached hydrogens (tertiary/aromatic N) is 3. The molecule has 2 aromatic heterocycles. The van der Waals surface area contributed by atoms with Gasteiger partial charge in [-0.3, -0.25) is 4.79 Å². The van der Waals surface area contributed by atoms with Crippen molar-refractivity contribution in [1.82, 2.24) is 20.3 Å². The van der Waals surface area contributed by atoms with E-state index in [1.54, 1.807) is 6.92 Å². The number of rotatable bonds is 6. The summed E-state index contributed by atoms with van der Waals surface area (Å²) in [7, 11) is 1.47. The second-order valence-electron chi connectivity index (χ2n) is 7.07. The van der Waals surface area contributed by atoms with Crippen LogP contribution in [0.4, 0.5) is 18.3 Å². The lowest BCUT2D eigenvalue weighted by Gasteiger charge is -2.37. The molecule has 3 rings (SSSR count). The summed E-state index contributed by atoms with van der Waals surface area (Å²) in [6.07, 6.45) is -4.64. The highest BCUT2D eigenvalue weighted by molar-refractivity contribution is 7.17. The average Bonchev–Trinajstić information content (AvgIpc) is 3.32. The van der Waals surface area contributed by atoms with Crippen LogP contribution in [-0.2, 0) is 17.3 Å². The van der Waals surface area contributed by atoms with Gasteiger partial charge in [-0.1, -0.05) is 18.3 Å². The highest BCUT2D eigenvalue weighted by Crippen LogP contribution is 2.31. The SMILES string of the molecule is CCc1[nH]c(C(=O)NC2CCN(c3nc(C)c(C(=O)O)s3)CC2OC)nc1C(F)(F)F. The monoisotopic (exact) mass is 461 g/mol. The molecule has 3 heterocycles. The van der Waals surface area contributed by atoms with Crippen molar-refractivity contribution in [1.29, 1.82) is 0 Å². The van der Waals surface area contributed by atoms with E-state index in [0.29, 0.717) is 30.3 Å². The topological polar surface area (TPSA) is 120 Å². The van der Waals surface area contributed by atoms with E-state index < -0.39 is 41.7 Å². The fraction of sp³-hybridized carbons (Fsp3) is 0.556. The van der Waals surface area contributed by atoms with Gasteiger partial charge in [-0.05, 0) is 19.8 Å². The number of aromatic nitrogens is 3. The van der Waals surface area contributed by atoms with E-state index in [1.165, 1.54) is 14.0 Å². The molecule has 0 radical (unpaired) electrons. The maximum atomic E-state index is 13.1. The summed E-state index contributed by atoms with van der Waals surface area (Å²) in [5, 5.41) is 12.4. The van der Waals surface area contributed by atoms with E-state index in [0.717, 1.165) is 11.3 Å². The Hall–Kier alpha value is -2.67. The lowest BCUT2D eigenvalue weighted by molar-refractivity contribution is -0.141. The van der Waals surface area contributed by atoms with E-state index in [2.05, 4.69) is 20.3 Å². The Bertz CT molecular complexity index is 974. The maximum Gasteiger partial charge on any atom is 0.435 e. The third-order valence-electron chi connectivity index (χ3n) is 5.04. The molecule has 3 N–H and O–H groups in total. The molecule has 2 aromatic rings. The highest BCUT2D eigenvalue weighted by Gasteiger charge is 2.38. The van der Waals surface area contributed by atoms with E-state index in [4.69, 9.17) is 4.74 Å². The van der Waals surface area contributed by atoms with Crippen molar-refractivity contribution in [3.05, 3.63) is 27.8 Å². The Balaban J connectivity index is 1.71. The number of anilines is 1. The first kappa shape index (κ1) is 23.0. The number of amides is 1. The summed E-state index contributed by atoms with van der Waals surface area (Å²) in [6, 6.07) is -0.460. The molecule has 0 aromatic carbocycles. The average molecular weight is 461 g/mol. The zero-order chi connectivity index (χ0) is 22.9. The van der Waals surface area contributed by atoms with Crippen molar-refractivity contribution in [3.63, 3.8) is 0 Å². The van der Waals surface area contributed by atoms with Gasteiger partial charge in [0.1, 0.15) is 4.88 Å². The lowest BCUT2D eigenvalue weighted by atomic mass is 10.0. The zero-order valence-corrected chi connectivity index (χ0v) is 17.9. The number of hydrogen-bond acceptors (Lipinski definition) is 7. The number of ether oxygens (including phenoxy) is 1. The Morgan fingerprint density at radius 1 is 1.39 bits per heavy atom. The Kier molecular flexibility index (Phi) is 6.55. The first-order valence-corrected chi connectivity index (χ1v) is 10.3. The lowest BCUT2D eigenvalue weighted by Crippen LogP contribution is -2.55. The number of carboxylic acids is 1. The summed E-state index contributed by atoms with van der Waals surface area (Å²) in [4.78, 5) is 36.0. The minimum absolute atomic E-state index is 0.0553. The molecule has 0 saturated carbocycles. The first-order chi connectivity index (χ1) is 14.5. The number of nitrogens with one attached hydrogen (secondary N) is 2. The number of aromatic carboxylic acids is 1. The normalized spacial score (nSPS) is 19.5. The number of halogens is 3. The molecule has 1 fully saturated rings. The number of hydrogen-bond donors (Lipinski definition) is 3. The van der Waals surface area contributed by atoms with Crippen LogP contribution in [0.2, 0.25) is 0 Å². The Morgan fingerprint density at radius 2 is 2.10 bits per heavy atom. The quantitative estimate of drug-likeness (QED) is 0.604. The molecular weight excluding hydrogens is 439 g/mol. The van der Waals surface area contributed by atoms with Crippen LogP contribution in [0.25, 0.3) is 0 Å². The summed E-state index contributed by atoms with van der Waals surface area (Å²) < 4.78 is 44.7. The fourth-order valence-electron chi connectivity index (χ4n) is 3.45. The molecule has 1 saturated heterocycles. The molecule has 0 bridgehead atoms. The number of carbonyl (C=O) groups excluding carboxylic acids is 1. The number of aryl methyl sites for hydroxylation is 2.